The number of aromatic amines is 1. The molecule has 4 aromatic rings. The molecule has 0 aliphatic carbocycles. The van der Waals surface area contributed by atoms with E-state index in [1.165, 1.54) is 23.9 Å². The summed E-state index contributed by atoms with van der Waals surface area (Å²) in [6.07, 6.45) is 1.96. The van der Waals surface area contributed by atoms with Crippen molar-refractivity contribution in [2.24, 2.45) is 13.0 Å². The fraction of sp³-hybridized carbons (Fsp3) is 0.438. The van der Waals surface area contributed by atoms with Crippen LogP contribution in [0.3, 0.4) is 0 Å². The molecule has 0 fully saturated rings. The number of hydrogen-bond donors (Lipinski definition) is 5. The van der Waals surface area contributed by atoms with Gasteiger partial charge in [-0.15, -0.1) is 0 Å². The molecule has 1 aromatic carbocycles. The highest BCUT2D eigenvalue weighted by molar-refractivity contribution is 5.97. The standard InChI is InChI=1S/C32H40N10O6/c1-18(2)12-23-31(46)37-24(13-20-8-6-5-7-9-20)30(45)33-10-11-42(17-26-38-27-22(29(44)39-26)15-34-41(27)4)16-21-14-25(40-48-21)32(47)35-19(3)28(43)36-23/h5-9,14-15,18-19,23-24H,10-13,16-17H2,1-4H3,(H,33,45)(H,35,47)(H,36,43)(H,37,46)(H,38,39,44)/t19-,23-,24-/m1/s1. The van der Waals surface area contributed by atoms with E-state index in [1.807, 2.05) is 49.1 Å². The van der Waals surface area contributed by atoms with Crippen molar-refractivity contribution in [3.8, 4) is 0 Å². The van der Waals surface area contributed by atoms with Crippen LogP contribution < -0.4 is 26.8 Å². The summed E-state index contributed by atoms with van der Waals surface area (Å²) < 4.78 is 6.96. The Kier molecular flexibility index (Phi) is 10.6. The molecule has 48 heavy (non-hydrogen) atoms. The van der Waals surface area contributed by atoms with E-state index in [0.29, 0.717) is 29.0 Å². The molecule has 0 unspecified atom stereocenters. The van der Waals surface area contributed by atoms with E-state index in [0.717, 1.165) is 5.56 Å². The number of nitrogens with zero attached hydrogens (tertiary/aromatic N) is 5. The minimum Gasteiger partial charge on any atom is -0.359 e. The summed E-state index contributed by atoms with van der Waals surface area (Å²) in [6.45, 7) is 6.04. The Morgan fingerprint density at radius 1 is 0.979 bits per heavy atom. The highest BCUT2D eigenvalue weighted by atomic mass is 16.5. The quantitative estimate of drug-likeness (QED) is 0.189. The predicted octanol–water partition coefficient (Wildman–Crippen LogP) is 0.153. The maximum absolute atomic E-state index is 13.6. The molecule has 0 radical (unpaired) electrons. The highest BCUT2D eigenvalue weighted by Crippen LogP contribution is 2.13. The maximum atomic E-state index is 13.6. The SMILES string of the molecule is CC(C)C[C@H]1NC(=O)[C@@H](C)NC(=O)c2cc(on2)CN(Cc2nc3c(cnn3C)c(=O)[nH]2)CCNC(=O)[C@@H](Cc2ccccc2)NC1=O. The summed E-state index contributed by atoms with van der Waals surface area (Å²) in [5.74, 6) is -1.41. The molecule has 5 N–H and O–H groups in total. The van der Waals surface area contributed by atoms with Crippen molar-refractivity contribution in [2.45, 2.75) is 64.8 Å². The lowest BCUT2D eigenvalue weighted by atomic mass is 10.0. The van der Waals surface area contributed by atoms with Gasteiger partial charge in [-0.25, -0.2) is 4.98 Å². The van der Waals surface area contributed by atoms with E-state index in [-0.39, 0.29) is 49.8 Å². The first-order chi connectivity index (χ1) is 23.0. The van der Waals surface area contributed by atoms with Crippen LogP contribution in [-0.4, -0.2) is 84.6 Å². The Morgan fingerprint density at radius 3 is 2.48 bits per heavy atom. The number of aromatic nitrogens is 5. The second kappa shape index (κ2) is 15.0. The van der Waals surface area contributed by atoms with Crippen LogP contribution in [0.25, 0.3) is 11.0 Å². The monoisotopic (exact) mass is 660 g/mol. The number of benzene rings is 1. The average molecular weight is 661 g/mol. The molecule has 16 nitrogen and oxygen atoms in total. The third-order valence-corrected chi connectivity index (χ3v) is 7.92. The van der Waals surface area contributed by atoms with Crippen molar-refractivity contribution in [3.05, 3.63) is 75.8 Å². The normalized spacial score (nSPS) is 20.5. The number of carbonyl (C=O) groups is 4. The number of H-pyrrole nitrogens is 1. The van der Waals surface area contributed by atoms with Crippen LogP contribution in [0.4, 0.5) is 0 Å². The molecule has 3 atom stereocenters. The molecule has 0 saturated heterocycles. The molecular formula is C32H40N10O6. The first kappa shape index (κ1) is 34.0. The molecule has 2 bridgehead atoms. The second-order valence-corrected chi connectivity index (χ2v) is 12.3. The Morgan fingerprint density at radius 2 is 1.73 bits per heavy atom. The fourth-order valence-electron chi connectivity index (χ4n) is 5.42. The van der Waals surface area contributed by atoms with E-state index in [4.69, 9.17) is 4.52 Å². The molecule has 0 spiro atoms. The van der Waals surface area contributed by atoms with Crippen molar-refractivity contribution in [3.63, 3.8) is 0 Å². The molecule has 3 aromatic heterocycles. The Balaban J connectivity index is 1.44. The molecule has 4 amide bonds. The number of fused-ring (bicyclic) bond motifs is 3. The molecule has 1 aliphatic heterocycles. The summed E-state index contributed by atoms with van der Waals surface area (Å²) in [5.41, 5.74) is 0.867. The topological polar surface area (TPSA) is 209 Å². The van der Waals surface area contributed by atoms with Crippen LogP contribution in [0.1, 0.15) is 54.8 Å². The first-order valence-corrected chi connectivity index (χ1v) is 15.8. The first-order valence-electron chi connectivity index (χ1n) is 15.8. The summed E-state index contributed by atoms with van der Waals surface area (Å²) in [6, 6.07) is 7.83. The predicted molar refractivity (Wildman–Crippen MR) is 173 cm³/mol. The zero-order valence-corrected chi connectivity index (χ0v) is 27.3. The summed E-state index contributed by atoms with van der Waals surface area (Å²) in [4.78, 5) is 75.3. The van der Waals surface area contributed by atoms with Crippen molar-refractivity contribution in [1.82, 2.24) is 51.1 Å². The highest BCUT2D eigenvalue weighted by Gasteiger charge is 2.30. The van der Waals surface area contributed by atoms with Crippen LogP contribution in [0.15, 0.2) is 51.9 Å². The minimum absolute atomic E-state index is 0.0350. The van der Waals surface area contributed by atoms with Crippen LogP contribution in [-0.2, 0) is 40.9 Å². The number of amides is 4. The van der Waals surface area contributed by atoms with Crippen molar-refractivity contribution in [1.29, 1.82) is 0 Å². The molecule has 254 valence electrons. The van der Waals surface area contributed by atoms with E-state index in [1.54, 1.807) is 7.05 Å². The van der Waals surface area contributed by atoms with Gasteiger partial charge < -0.3 is 30.8 Å². The van der Waals surface area contributed by atoms with Gasteiger partial charge in [0.05, 0.1) is 19.3 Å². The van der Waals surface area contributed by atoms with Crippen molar-refractivity contribution < 1.29 is 23.7 Å². The third-order valence-electron chi connectivity index (χ3n) is 7.92. The Labute approximate surface area is 276 Å². The van der Waals surface area contributed by atoms with Gasteiger partial charge in [0.1, 0.15) is 29.3 Å². The van der Waals surface area contributed by atoms with E-state index in [9.17, 15) is 24.0 Å². The van der Waals surface area contributed by atoms with Gasteiger partial charge in [0.2, 0.25) is 17.7 Å². The zero-order valence-electron chi connectivity index (χ0n) is 27.3. The van der Waals surface area contributed by atoms with E-state index in [2.05, 4.69) is 41.5 Å². The van der Waals surface area contributed by atoms with E-state index >= 15 is 0 Å². The van der Waals surface area contributed by atoms with Crippen LogP contribution in [0.2, 0.25) is 0 Å². The molecule has 5 rings (SSSR count). The van der Waals surface area contributed by atoms with Gasteiger partial charge in [0.25, 0.3) is 11.5 Å². The molecule has 1 aliphatic rings. The van der Waals surface area contributed by atoms with Gasteiger partial charge in [-0.2, -0.15) is 5.10 Å². The van der Waals surface area contributed by atoms with Gasteiger partial charge in [0, 0.05) is 32.6 Å². The molecule has 16 heteroatoms. The van der Waals surface area contributed by atoms with Crippen LogP contribution in [0.5, 0.6) is 0 Å². The lowest BCUT2D eigenvalue weighted by Crippen LogP contribution is -2.57. The number of hydrogen-bond acceptors (Lipinski definition) is 10. The van der Waals surface area contributed by atoms with Crippen LogP contribution >= 0.6 is 0 Å². The number of nitrogens with one attached hydrogen (secondary N) is 5. The zero-order chi connectivity index (χ0) is 34.4. The average Bonchev–Trinajstić information content (AvgIpc) is 3.67. The maximum Gasteiger partial charge on any atom is 0.274 e. The summed E-state index contributed by atoms with van der Waals surface area (Å²) in [7, 11) is 1.69. The largest absolute Gasteiger partial charge is 0.359 e. The number of carbonyl (C=O) groups excluding carboxylic acids is 4. The number of rotatable bonds is 6. The van der Waals surface area contributed by atoms with Gasteiger partial charge in [-0.05, 0) is 24.8 Å². The van der Waals surface area contributed by atoms with Crippen molar-refractivity contribution in [2.75, 3.05) is 13.1 Å². The molecule has 4 heterocycles. The van der Waals surface area contributed by atoms with Crippen LogP contribution in [0, 0.1) is 5.92 Å². The van der Waals surface area contributed by atoms with E-state index < -0.39 is 41.8 Å². The van der Waals surface area contributed by atoms with Crippen molar-refractivity contribution >= 4 is 34.7 Å². The second-order valence-electron chi connectivity index (χ2n) is 12.3. The number of aryl methyl sites for hydroxylation is 1. The van der Waals surface area contributed by atoms with Gasteiger partial charge in [0.15, 0.2) is 17.1 Å². The Hall–Kier alpha value is -5.38. The third kappa shape index (κ3) is 8.50. The summed E-state index contributed by atoms with van der Waals surface area (Å²) >= 11 is 0. The van der Waals surface area contributed by atoms with Gasteiger partial charge in [-0.3, -0.25) is 33.6 Å². The molecule has 0 saturated carbocycles. The lowest BCUT2D eigenvalue weighted by Gasteiger charge is -2.26. The fourth-order valence-corrected chi connectivity index (χ4v) is 5.42. The minimum atomic E-state index is -1.01. The van der Waals surface area contributed by atoms with Gasteiger partial charge in [-0.1, -0.05) is 49.3 Å². The molecular weight excluding hydrogens is 620 g/mol. The van der Waals surface area contributed by atoms with Gasteiger partial charge >= 0.3 is 0 Å². The smallest absolute Gasteiger partial charge is 0.274 e. The lowest BCUT2D eigenvalue weighted by molar-refractivity contribution is -0.132. The Bertz CT molecular complexity index is 1830. The summed E-state index contributed by atoms with van der Waals surface area (Å²) in [5, 5.41) is 19.4.